The van der Waals surface area contributed by atoms with E-state index in [4.69, 9.17) is 4.42 Å². The standard InChI is InChI=1S/C19H13N5OS/c1-2-12(17-10-21-11-25-17)6-13(3-1)18-23-24-19(26-18)22-16-5-4-14-8-20-9-15(14)7-16/h1-7,9-11H,8H2,(H,22,24). The number of rotatable bonds is 4. The fourth-order valence-electron chi connectivity index (χ4n) is 2.86. The monoisotopic (exact) mass is 359 g/mol. The summed E-state index contributed by atoms with van der Waals surface area (Å²) in [5.41, 5.74) is 5.33. The SMILES string of the molecule is C1=NCc2ccc(Nc3nnc(-c4cccc(-c5cnco5)c4)s3)cc21. The second-order valence-corrected chi connectivity index (χ2v) is 6.84. The third-order valence-electron chi connectivity index (χ3n) is 4.14. The molecule has 6 nitrogen and oxygen atoms in total. The second kappa shape index (κ2) is 6.20. The van der Waals surface area contributed by atoms with Crippen LogP contribution in [0.3, 0.4) is 0 Å². The number of aliphatic imine (C=N–C) groups is 1. The van der Waals surface area contributed by atoms with Crippen molar-refractivity contribution in [2.75, 3.05) is 5.32 Å². The van der Waals surface area contributed by atoms with Gasteiger partial charge in [0.25, 0.3) is 0 Å². The number of oxazole rings is 1. The smallest absolute Gasteiger partial charge is 0.210 e. The summed E-state index contributed by atoms with van der Waals surface area (Å²) in [7, 11) is 0. The van der Waals surface area contributed by atoms with Crippen LogP contribution in [-0.4, -0.2) is 21.4 Å². The summed E-state index contributed by atoms with van der Waals surface area (Å²) in [6, 6.07) is 14.2. The van der Waals surface area contributed by atoms with Crippen LogP contribution in [-0.2, 0) is 6.54 Å². The van der Waals surface area contributed by atoms with Gasteiger partial charge in [0.1, 0.15) is 5.01 Å². The van der Waals surface area contributed by atoms with Crippen molar-refractivity contribution in [3.05, 3.63) is 66.2 Å². The molecule has 0 radical (unpaired) electrons. The van der Waals surface area contributed by atoms with Crippen LogP contribution in [0.4, 0.5) is 10.8 Å². The zero-order chi connectivity index (χ0) is 17.3. The van der Waals surface area contributed by atoms with E-state index in [9.17, 15) is 0 Å². The lowest BCUT2D eigenvalue weighted by molar-refractivity contribution is 0.572. The molecule has 1 N–H and O–H groups in total. The maximum atomic E-state index is 5.36. The van der Waals surface area contributed by atoms with Crippen LogP contribution < -0.4 is 5.32 Å². The Morgan fingerprint density at radius 3 is 2.92 bits per heavy atom. The van der Waals surface area contributed by atoms with E-state index in [2.05, 4.69) is 37.6 Å². The topological polar surface area (TPSA) is 76.2 Å². The average Bonchev–Trinajstić information content (AvgIpc) is 3.43. The van der Waals surface area contributed by atoms with Crippen molar-refractivity contribution >= 4 is 28.4 Å². The highest BCUT2D eigenvalue weighted by Crippen LogP contribution is 2.31. The van der Waals surface area contributed by atoms with Crippen molar-refractivity contribution < 1.29 is 4.42 Å². The minimum Gasteiger partial charge on any atom is -0.444 e. The van der Waals surface area contributed by atoms with Crippen molar-refractivity contribution in [3.63, 3.8) is 0 Å². The van der Waals surface area contributed by atoms with Gasteiger partial charge in [0.2, 0.25) is 5.13 Å². The Morgan fingerprint density at radius 2 is 2.00 bits per heavy atom. The Balaban J connectivity index is 1.40. The van der Waals surface area contributed by atoms with Crippen LogP contribution in [0.15, 0.2) is 64.5 Å². The van der Waals surface area contributed by atoms with Crippen LogP contribution in [0.2, 0.25) is 0 Å². The molecule has 2 aromatic carbocycles. The third kappa shape index (κ3) is 2.78. The summed E-state index contributed by atoms with van der Waals surface area (Å²) in [6.45, 7) is 0.764. The molecule has 0 saturated heterocycles. The highest BCUT2D eigenvalue weighted by Gasteiger charge is 2.11. The summed E-state index contributed by atoms with van der Waals surface area (Å²) < 4.78 is 5.36. The normalized spacial score (nSPS) is 12.3. The Bertz CT molecular complexity index is 1100. The van der Waals surface area contributed by atoms with Gasteiger partial charge in [-0.3, -0.25) is 4.99 Å². The molecule has 0 atom stereocenters. The largest absolute Gasteiger partial charge is 0.444 e. The molecule has 4 aromatic rings. The maximum absolute atomic E-state index is 5.36. The first-order chi connectivity index (χ1) is 12.8. The van der Waals surface area contributed by atoms with Crippen LogP contribution in [0, 0.1) is 0 Å². The number of hydrogen-bond acceptors (Lipinski definition) is 7. The van der Waals surface area contributed by atoms with E-state index in [1.165, 1.54) is 23.3 Å². The number of anilines is 2. The predicted molar refractivity (Wildman–Crippen MR) is 102 cm³/mol. The lowest BCUT2D eigenvalue weighted by Gasteiger charge is -2.04. The molecule has 0 aliphatic carbocycles. The molecule has 5 rings (SSSR count). The number of fused-ring (bicyclic) bond motifs is 1. The summed E-state index contributed by atoms with van der Waals surface area (Å²) in [5.74, 6) is 0.731. The Morgan fingerprint density at radius 1 is 1.04 bits per heavy atom. The number of aromatic nitrogens is 3. The number of nitrogens with one attached hydrogen (secondary N) is 1. The maximum Gasteiger partial charge on any atom is 0.210 e. The first kappa shape index (κ1) is 15.0. The van der Waals surface area contributed by atoms with Gasteiger partial charge in [0.15, 0.2) is 12.2 Å². The first-order valence-corrected chi connectivity index (χ1v) is 8.89. The van der Waals surface area contributed by atoms with Gasteiger partial charge in [-0.15, -0.1) is 10.2 Å². The summed E-state index contributed by atoms with van der Waals surface area (Å²) in [4.78, 5) is 8.25. The zero-order valence-electron chi connectivity index (χ0n) is 13.6. The molecule has 0 spiro atoms. The molecule has 0 unspecified atom stereocenters. The van der Waals surface area contributed by atoms with E-state index in [1.54, 1.807) is 6.20 Å². The molecule has 0 saturated carbocycles. The van der Waals surface area contributed by atoms with Gasteiger partial charge >= 0.3 is 0 Å². The molecule has 0 amide bonds. The third-order valence-corrected chi connectivity index (χ3v) is 5.03. The first-order valence-electron chi connectivity index (χ1n) is 8.08. The number of benzene rings is 2. The van der Waals surface area contributed by atoms with Gasteiger partial charge < -0.3 is 9.73 Å². The van der Waals surface area contributed by atoms with E-state index in [1.807, 2.05) is 36.5 Å². The van der Waals surface area contributed by atoms with Gasteiger partial charge in [-0.05, 0) is 29.3 Å². The summed E-state index contributed by atoms with van der Waals surface area (Å²) >= 11 is 1.51. The van der Waals surface area contributed by atoms with Gasteiger partial charge in [-0.2, -0.15) is 0 Å². The Labute approximate surface area is 153 Å². The molecule has 26 heavy (non-hydrogen) atoms. The lowest BCUT2D eigenvalue weighted by Crippen LogP contribution is -1.92. The molecule has 3 heterocycles. The van der Waals surface area contributed by atoms with E-state index in [-0.39, 0.29) is 0 Å². The molecule has 0 fully saturated rings. The molecule has 7 heteroatoms. The highest BCUT2D eigenvalue weighted by atomic mass is 32.1. The molecule has 1 aliphatic heterocycles. The van der Waals surface area contributed by atoms with Crippen LogP contribution in [0.25, 0.3) is 21.9 Å². The summed E-state index contributed by atoms with van der Waals surface area (Å²) in [5, 5.41) is 13.5. The molecule has 0 bridgehead atoms. The minimum absolute atomic E-state index is 0.731. The van der Waals surface area contributed by atoms with Crippen molar-refractivity contribution in [2.24, 2.45) is 4.99 Å². The zero-order valence-corrected chi connectivity index (χ0v) is 14.4. The van der Waals surface area contributed by atoms with Gasteiger partial charge in [0.05, 0.1) is 12.7 Å². The fraction of sp³-hybridized carbons (Fsp3) is 0.0526. The van der Waals surface area contributed by atoms with Crippen LogP contribution in [0.1, 0.15) is 11.1 Å². The quantitative estimate of drug-likeness (QED) is 0.579. The van der Waals surface area contributed by atoms with Crippen molar-refractivity contribution in [2.45, 2.75) is 6.54 Å². The van der Waals surface area contributed by atoms with Crippen LogP contribution >= 0.6 is 11.3 Å². The van der Waals surface area contributed by atoms with Crippen LogP contribution in [0.5, 0.6) is 0 Å². The number of nitrogens with zero attached hydrogens (tertiary/aromatic N) is 4. The molecule has 1 aliphatic rings. The van der Waals surface area contributed by atoms with Crippen molar-refractivity contribution in [1.29, 1.82) is 0 Å². The molecular weight excluding hydrogens is 346 g/mol. The molecule has 2 aromatic heterocycles. The average molecular weight is 359 g/mol. The molecular formula is C19H13N5OS. The fourth-order valence-corrected chi connectivity index (χ4v) is 3.62. The van der Waals surface area contributed by atoms with E-state index in [0.717, 1.165) is 44.8 Å². The lowest BCUT2D eigenvalue weighted by atomic mass is 10.1. The molecule has 126 valence electrons. The van der Waals surface area contributed by atoms with E-state index >= 15 is 0 Å². The Kier molecular flexibility index (Phi) is 3.57. The predicted octanol–water partition coefficient (Wildman–Crippen LogP) is 4.54. The van der Waals surface area contributed by atoms with Crippen molar-refractivity contribution in [1.82, 2.24) is 15.2 Å². The van der Waals surface area contributed by atoms with Gasteiger partial charge in [-0.25, -0.2) is 4.98 Å². The van der Waals surface area contributed by atoms with Gasteiger partial charge in [-0.1, -0.05) is 35.6 Å². The van der Waals surface area contributed by atoms with E-state index < -0.39 is 0 Å². The highest BCUT2D eigenvalue weighted by molar-refractivity contribution is 7.18. The van der Waals surface area contributed by atoms with Crippen molar-refractivity contribution in [3.8, 4) is 21.9 Å². The minimum atomic E-state index is 0.731. The number of hydrogen-bond donors (Lipinski definition) is 1. The summed E-state index contributed by atoms with van der Waals surface area (Å²) in [6.07, 6.45) is 5.03. The van der Waals surface area contributed by atoms with E-state index in [0.29, 0.717) is 0 Å². The second-order valence-electron chi connectivity index (χ2n) is 5.87. The van der Waals surface area contributed by atoms with Gasteiger partial charge in [0, 0.05) is 23.0 Å². The Hall–Kier alpha value is -3.32.